The fraction of sp³-hybridized carbons (Fsp3) is 0.857. The van der Waals surface area contributed by atoms with Crippen molar-refractivity contribution in [2.75, 3.05) is 6.54 Å². The maximum absolute atomic E-state index is 3.73. The highest BCUT2D eigenvalue weighted by atomic mass is 15.1. The average Bonchev–Trinajstić information content (AvgIpc) is 2.31. The second-order valence-electron chi connectivity index (χ2n) is 5.46. The minimum atomic E-state index is 0.572. The van der Waals surface area contributed by atoms with Gasteiger partial charge in [-0.05, 0) is 64.3 Å². The van der Waals surface area contributed by atoms with Crippen molar-refractivity contribution < 1.29 is 0 Å². The minimum Gasteiger partial charge on any atom is -0.302 e. The van der Waals surface area contributed by atoms with E-state index in [0.29, 0.717) is 12.2 Å². The van der Waals surface area contributed by atoms with Crippen LogP contribution in [0.3, 0.4) is 0 Å². The van der Waals surface area contributed by atoms with Gasteiger partial charge in [-0.1, -0.05) is 12.2 Å². The number of rotatable bonds is 4. The van der Waals surface area contributed by atoms with Crippen LogP contribution in [0.5, 0.6) is 0 Å². The molecule has 1 aliphatic carbocycles. The van der Waals surface area contributed by atoms with Crippen molar-refractivity contribution in [1.29, 1.82) is 0 Å². The Kier molecular flexibility index (Phi) is 4.86. The monoisotopic (exact) mass is 222 g/mol. The molecule has 1 saturated heterocycles. The lowest BCUT2D eigenvalue weighted by Gasteiger charge is -2.30. The van der Waals surface area contributed by atoms with Gasteiger partial charge in [-0.25, -0.2) is 0 Å². The highest BCUT2D eigenvalue weighted by molar-refractivity contribution is 4.91. The molecular formula is C14H26N2. The van der Waals surface area contributed by atoms with E-state index in [2.05, 4.69) is 29.7 Å². The van der Waals surface area contributed by atoms with Crippen LogP contribution in [0.2, 0.25) is 0 Å². The van der Waals surface area contributed by atoms with Gasteiger partial charge >= 0.3 is 0 Å². The summed E-state index contributed by atoms with van der Waals surface area (Å²) < 4.78 is 0. The first-order chi connectivity index (χ1) is 7.84. The molecule has 0 aromatic rings. The third-order valence-corrected chi connectivity index (χ3v) is 3.86. The van der Waals surface area contributed by atoms with Crippen LogP contribution in [0, 0.1) is 5.92 Å². The van der Waals surface area contributed by atoms with Crippen molar-refractivity contribution in [2.24, 2.45) is 5.92 Å². The van der Waals surface area contributed by atoms with E-state index in [0.717, 1.165) is 5.92 Å². The second-order valence-corrected chi connectivity index (χ2v) is 5.46. The predicted molar refractivity (Wildman–Crippen MR) is 69.3 cm³/mol. The van der Waals surface area contributed by atoms with Crippen LogP contribution in [-0.4, -0.2) is 18.8 Å². The Hall–Kier alpha value is -0.340. The van der Waals surface area contributed by atoms with E-state index in [-0.39, 0.29) is 0 Å². The molecule has 2 nitrogen and oxygen atoms in total. The van der Waals surface area contributed by atoms with Crippen molar-refractivity contribution in [2.45, 2.75) is 64.1 Å². The van der Waals surface area contributed by atoms with Crippen LogP contribution in [0.1, 0.15) is 51.9 Å². The summed E-state index contributed by atoms with van der Waals surface area (Å²) in [4.78, 5) is 0. The van der Waals surface area contributed by atoms with Gasteiger partial charge in [0.15, 0.2) is 0 Å². The number of nitrogens with one attached hydrogen (secondary N) is 2. The summed E-state index contributed by atoms with van der Waals surface area (Å²) in [6.07, 6.45) is 14.6. The maximum Gasteiger partial charge on any atom is 0.0573 e. The van der Waals surface area contributed by atoms with Crippen molar-refractivity contribution in [3.8, 4) is 0 Å². The first-order valence-electron chi connectivity index (χ1n) is 6.99. The average molecular weight is 222 g/mol. The third kappa shape index (κ3) is 3.91. The number of allylic oxidation sites excluding steroid dienone is 2. The van der Waals surface area contributed by atoms with E-state index in [4.69, 9.17) is 0 Å². The molecule has 0 aromatic heterocycles. The van der Waals surface area contributed by atoms with E-state index in [9.17, 15) is 0 Å². The lowest BCUT2D eigenvalue weighted by Crippen LogP contribution is -2.49. The van der Waals surface area contributed by atoms with Crippen LogP contribution < -0.4 is 10.6 Å². The fourth-order valence-corrected chi connectivity index (χ4v) is 2.98. The molecular weight excluding hydrogens is 196 g/mol. The molecule has 2 aliphatic rings. The van der Waals surface area contributed by atoms with Gasteiger partial charge in [0.2, 0.25) is 0 Å². The molecule has 1 heterocycles. The van der Waals surface area contributed by atoms with E-state index in [1.54, 1.807) is 0 Å². The van der Waals surface area contributed by atoms with Crippen LogP contribution in [0.25, 0.3) is 0 Å². The zero-order chi connectivity index (χ0) is 11.2. The number of piperidine rings is 1. The van der Waals surface area contributed by atoms with Gasteiger partial charge in [0, 0.05) is 6.04 Å². The van der Waals surface area contributed by atoms with Gasteiger partial charge < -0.3 is 5.32 Å². The lowest BCUT2D eigenvalue weighted by atomic mass is 9.89. The normalized spacial score (nSPS) is 32.6. The van der Waals surface area contributed by atoms with Crippen molar-refractivity contribution >= 4 is 0 Å². The molecule has 0 radical (unpaired) electrons. The molecule has 1 aliphatic heterocycles. The van der Waals surface area contributed by atoms with Crippen LogP contribution in [0.15, 0.2) is 12.2 Å². The second kappa shape index (κ2) is 6.41. The van der Waals surface area contributed by atoms with E-state index in [1.165, 1.54) is 51.5 Å². The Bertz CT molecular complexity index is 219. The summed E-state index contributed by atoms with van der Waals surface area (Å²) in [6, 6.07) is 0.659. The summed E-state index contributed by atoms with van der Waals surface area (Å²) in [5.41, 5.74) is 0. The van der Waals surface area contributed by atoms with Crippen LogP contribution in [-0.2, 0) is 0 Å². The first kappa shape index (κ1) is 12.1. The van der Waals surface area contributed by atoms with Gasteiger partial charge in [0.1, 0.15) is 0 Å². The maximum atomic E-state index is 3.73. The third-order valence-electron chi connectivity index (χ3n) is 3.86. The molecule has 0 spiro atoms. The fourth-order valence-electron chi connectivity index (χ4n) is 2.98. The Morgan fingerprint density at radius 2 is 2.25 bits per heavy atom. The largest absolute Gasteiger partial charge is 0.302 e. The zero-order valence-corrected chi connectivity index (χ0v) is 10.5. The molecule has 2 N–H and O–H groups in total. The summed E-state index contributed by atoms with van der Waals surface area (Å²) in [6.45, 7) is 3.53. The van der Waals surface area contributed by atoms with Gasteiger partial charge in [-0.3, -0.25) is 5.32 Å². The molecule has 2 heteroatoms. The van der Waals surface area contributed by atoms with Crippen LogP contribution >= 0.6 is 0 Å². The molecule has 3 atom stereocenters. The highest BCUT2D eigenvalue weighted by Crippen LogP contribution is 2.23. The van der Waals surface area contributed by atoms with E-state index < -0.39 is 0 Å². The molecule has 0 aromatic carbocycles. The smallest absolute Gasteiger partial charge is 0.0573 e. The Balaban J connectivity index is 1.66. The lowest BCUT2D eigenvalue weighted by molar-refractivity contribution is 0.286. The van der Waals surface area contributed by atoms with E-state index >= 15 is 0 Å². The summed E-state index contributed by atoms with van der Waals surface area (Å²) >= 11 is 0. The topological polar surface area (TPSA) is 24.1 Å². The van der Waals surface area contributed by atoms with E-state index in [1.807, 2.05) is 0 Å². The molecule has 0 amide bonds. The molecule has 0 bridgehead atoms. The Morgan fingerprint density at radius 1 is 1.31 bits per heavy atom. The molecule has 2 unspecified atom stereocenters. The predicted octanol–water partition coefficient (Wildman–Crippen LogP) is 2.81. The molecule has 92 valence electrons. The minimum absolute atomic E-state index is 0.572. The molecule has 16 heavy (non-hydrogen) atoms. The quantitative estimate of drug-likeness (QED) is 0.715. The SMILES string of the molecule is C[C@@H](CC1CC=CCC1)NC1CCCCN1. The highest BCUT2D eigenvalue weighted by Gasteiger charge is 2.18. The number of hydrogen-bond donors (Lipinski definition) is 2. The van der Waals surface area contributed by atoms with Gasteiger partial charge in [0.25, 0.3) is 0 Å². The van der Waals surface area contributed by atoms with Gasteiger partial charge in [-0.15, -0.1) is 0 Å². The Morgan fingerprint density at radius 3 is 2.94 bits per heavy atom. The van der Waals surface area contributed by atoms with Crippen LogP contribution in [0.4, 0.5) is 0 Å². The van der Waals surface area contributed by atoms with Crippen molar-refractivity contribution in [3.05, 3.63) is 12.2 Å². The Labute approximate surface area is 99.9 Å². The van der Waals surface area contributed by atoms with Crippen molar-refractivity contribution in [1.82, 2.24) is 10.6 Å². The zero-order valence-electron chi connectivity index (χ0n) is 10.5. The standard InChI is InChI=1S/C14H26N2/c1-12(11-13-7-3-2-4-8-13)16-14-9-5-6-10-15-14/h2-3,12-16H,4-11H2,1H3/t12-,13?,14?/m0/s1. The van der Waals surface area contributed by atoms with Crippen molar-refractivity contribution in [3.63, 3.8) is 0 Å². The summed E-state index contributed by atoms with van der Waals surface area (Å²) in [7, 11) is 0. The molecule has 1 fully saturated rings. The summed E-state index contributed by atoms with van der Waals surface area (Å²) in [5.74, 6) is 0.913. The molecule has 0 saturated carbocycles. The first-order valence-corrected chi connectivity index (χ1v) is 6.99. The van der Waals surface area contributed by atoms with Gasteiger partial charge in [0.05, 0.1) is 6.17 Å². The number of hydrogen-bond acceptors (Lipinski definition) is 2. The van der Waals surface area contributed by atoms with Gasteiger partial charge in [-0.2, -0.15) is 0 Å². The summed E-state index contributed by atoms with van der Waals surface area (Å²) in [5, 5.41) is 7.29. The molecule has 2 rings (SSSR count).